The summed E-state index contributed by atoms with van der Waals surface area (Å²) in [6, 6.07) is 8.59. The van der Waals surface area contributed by atoms with Crippen LogP contribution in [0.4, 0.5) is 29.2 Å². The topological polar surface area (TPSA) is 81.9 Å². The number of rotatable bonds is 6. The second kappa shape index (κ2) is 9.53. The van der Waals surface area contributed by atoms with Crippen LogP contribution >= 0.6 is 0 Å². The second-order valence-corrected chi connectivity index (χ2v) is 7.46. The number of aryl methyl sites for hydroxylation is 1. The normalized spacial score (nSPS) is 11.4. The van der Waals surface area contributed by atoms with E-state index in [-0.39, 0.29) is 29.4 Å². The molecule has 0 bridgehead atoms. The number of ether oxygens (including phenoxy) is 1. The van der Waals surface area contributed by atoms with Gasteiger partial charge in [0.1, 0.15) is 11.4 Å². The van der Waals surface area contributed by atoms with Crippen molar-refractivity contribution >= 4 is 17.6 Å². The zero-order valence-electron chi connectivity index (χ0n) is 18.6. The number of imidazole rings is 1. The van der Waals surface area contributed by atoms with Crippen molar-refractivity contribution in [3.63, 3.8) is 0 Å². The summed E-state index contributed by atoms with van der Waals surface area (Å²) in [4.78, 5) is 24.9. The second-order valence-electron chi connectivity index (χ2n) is 7.46. The van der Waals surface area contributed by atoms with Crippen molar-refractivity contribution in [3.05, 3.63) is 83.8 Å². The lowest BCUT2D eigenvalue weighted by Gasteiger charge is -2.13. The summed E-state index contributed by atoms with van der Waals surface area (Å²) in [5.74, 6) is -1.24. The van der Waals surface area contributed by atoms with Crippen LogP contribution in [-0.2, 0) is 10.9 Å². The zero-order chi connectivity index (χ0) is 25.2. The van der Waals surface area contributed by atoms with E-state index in [2.05, 4.69) is 20.3 Å². The highest BCUT2D eigenvalue weighted by Gasteiger charge is 2.30. The number of nitrogens with zero attached hydrogens (tertiary/aromatic N) is 4. The Kier molecular flexibility index (Phi) is 6.50. The number of halogens is 4. The Hall–Kier alpha value is -4.28. The molecule has 2 aromatic heterocycles. The molecule has 0 amide bonds. The van der Waals surface area contributed by atoms with Crippen LogP contribution in [0.25, 0.3) is 16.9 Å². The maximum atomic E-state index is 14.7. The van der Waals surface area contributed by atoms with E-state index in [4.69, 9.17) is 4.74 Å². The number of alkyl halides is 3. The molecule has 0 saturated carbocycles. The molecule has 7 nitrogen and oxygen atoms in total. The van der Waals surface area contributed by atoms with Crippen molar-refractivity contribution in [3.8, 4) is 16.9 Å². The molecular weight excluding hydrogens is 466 g/mol. The molecule has 11 heteroatoms. The Morgan fingerprint density at radius 3 is 2.46 bits per heavy atom. The molecule has 4 aromatic rings. The van der Waals surface area contributed by atoms with Crippen LogP contribution in [-0.4, -0.2) is 32.1 Å². The van der Waals surface area contributed by atoms with E-state index < -0.39 is 23.5 Å². The summed E-state index contributed by atoms with van der Waals surface area (Å²) >= 11 is 0. The standard InChI is InChI=1S/C24H19F4N5O2/c1-3-35-22(34)18-11-29-23(32-21(18)15-4-6-16(7-5-15)24(26,27)28)31-17-8-9-20(19(25)10-17)33-12-14(2)30-13-33/h4-13H,3H2,1-2H3,(H,29,31,32). The maximum absolute atomic E-state index is 14.7. The number of benzene rings is 2. The van der Waals surface area contributed by atoms with Gasteiger partial charge < -0.3 is 14.6 Å². The molecule has 0 unspecified atom stereocenters. The Morgan fingerprint density at radius 1 is 1.11 bits per heavy atom. The number of hydrogen-bond acceptors (Lipinski definition) is 6. The molecule has 0 aliphatic heterocycles. The molecule has 1 N–H and O–H groups in total. The number of anilines is 2. The van der Waals surface area contributed by atoms with Crippen molar-refractivity contribution in [1.82, 2.24) is 19.5 Å². The van der Waals surface area contributed by atoms with E-state index in [1.54, 1.807) is 36.7 Å². The van der Waals surface area contributed by atoms with Crippen molar-refractivity contribution in [1.29, 1.82) is 0 Å². The quantitative estimate of drug-likeness (QED) is 0.278. The Morgan fingerprint density at radius 2 is 1.86 bits per heavy atom. The number of carbonyl (C=O) groups is 1. The number of hydrogen-bond donors (Lipinski definition) is 1. The predicted octanol–water partition coefficient (Wildman–Crippen LogP) is 5.72. The lowest BCUT2D eigenvalue weighted by molar-refractivity contribution is -0.137. The number of esters is 1. The van der Waals surface area contributed by atoms with Gasteiger partial charge >= 0.3 is 12.1 Å². The average Bonchev–Trinajstić information content (AvgIpc) is 3.24. The first-order valence-corrected chi connectivity index (χ1v) is 10.4. The lowest BCUT2D eigenvalue weighted by Crippen LogP contribution is -2.10. The summed E-state index contributed by atoms with van der Waals surface area (Å²) in [6.07, 6.45) is -0.126. The summed E-state index contributed by atoms with van der Waals surface area (Å²) in [7, 11) is 0. The van der Waals surface area contributed by atoms with Gasteiger partial charge in [0.2, 0.25) is 5.95 Å². The minimum absolute atomic E-state index is 0.0126. The monoisotopic (exact) mass is 485 g/mol. The van der Waals surface area contributed by atoms with Gasteiger partial charge in [-0.25, -0.2) is 24.1 Å². The molecule has 0 aliphatic rings. The van der Waals surface area contributed by atoms with Crippen molar-refractivity contribution in [2.75, 3.05) is 11.9 Å². The Bertz CT molecular complexity index is 1370. The highest BCUT2D eigenvalue weighted by atomic mass is 19.4. The fourth-order valence-electron chi connectivity index (χ4n) is 3.31. The smallest absolute Gasteiger partial charge is 0.416 e. The maximum Gasteiger partial charge on any atom is 0.416 e. The van der Waals surface area contributed by atoms with E-state index in [1.165, 1.54) is 30.7 Å². The third-order valence-electron chi connectivity index (χ3n) is 4.96. The highest BCUT2D eigenvalue weighted by molar-refractivity contribution is 5.96. The average molecular weight is 485 g/mol. The van der Waals surface area contributed by atoms with Gasteiger partial charge in [-0.3, -0.25) is 0 Å². The van der Waals surface area contributed by atoms with Crippen LogP contribution in [0.15, 0.2) is 61.2 Å². The van der Waals surface area contributed by atoms with E-state index in [0.29, 0.717) is 11.4 Å². The predicted molar refractivity (Wildman–Crippen MR) is 120 cm³/mol. The lowest BCUT2D eigenvalue weighted by atomic mass is 10.0. The Balaban J connectivity index is 1.67. The summed E-state index contributed by atoms with van der Waals surface area (Å²) in [5, 5.41) is 2.85. The molecule has 180 valence electrons. The third-order valence-corrected chi connectivity index (χ3v) is 4.96. The first kappa shape index (κ1) is 23.9. The van der Waals surface area contributed by atoms with Gasteiger partial charge in [-0.15, -0.1) is 0 Å². The summed E-state index contributed by atoms with van der Waals surface area (Å²) in [5.41, 5.74) is 0.816. The molecule has 35 heavy (non-hydrogen) atoms. The molecule has 4 rings (SSSR count). The molecule has 0 fully saturated rings. The van der Waals surface area contributed by atoms with Crippen LogP contribution in [0.3, 0.4) is 0 Å². The van der Waals surface area contributed by atoms with Crippen LogP contribution in [0.1, 0.15) is 28.5 Å². The molecule has 0 spiro atoms. The van der Waals surface area contributed by atoms with Crippen molar-refractivity contribution in [2.24, 2.45) is 0 Å². The van der Waals surface area contributed by atoms with E-state index in [9.17, 15) is 22.4 Å². The minimum Gasteiger partial charge on any atom is -0.462 e. The first-order chi connectivity index (χ1) is 16.7. The van der Waals surface area contributed by atoms with Crippen LogP contribution in [0.5, 0.6) is 0 Å². The minimum atomic E-state index is -4.51. The largest absolute Gasteiger partial charge is 0.462 e. The molecule has 2 aromatic carbocycles. The van der Waals surface area contributed by atoms with E-state index in [0.717, 1.165) is 17.8 Å². The van der Waals surface area contributed by atoms with Gasteiger partial charge in [0.25, 0.3) is 0 Å². The molecule has 0 saturated heterocycles. The third kappa shape index (κ3) is 5.29. The zero-order valence-corrected chi connectivity index (χ0v) is 18.6. The molecular formula is C24H19F4N5O2. The van der Waals surface area contributed by atoms with Crippen LogP contribution < -0.4 is 5.32 Å². The van der Waals surface area contributed by atoms with Gasteiger partial charge in [0.05, 0.1) is 35.6 Å². The number of nitrogens with one attached hydrogen (secondary N) is 1. The molecule has 0 radical (unpaired) electrons. The van der Waals surface area contributed by atoms with Gasteiger partial charge in [0.15, 0.2) is 0 Å². The number of carbonyl (C=O) groups excluding carboxylic acids is 1. The van der Waals surface area contributed by atoms with Crippen molar-refractivity contribution in [2.45, 2.75) is 20.0 Å². The Labute approximate surface area is 197 Å². The van der Waals surface area contributed by atoms with Gasteiger partial charge in [-0.2, -0.15) is 13.2 Å². The molecule has 2 heterocycles. The van der Waals surface area contributed by atoms with E-state index in [1.807, 2.05) is 0 Å². The highest BCUT2D eigenvalue weighted by Crippen LogP contribution is 2.32. The summed E-state index contributed by atoms with van der Waals surface area (Å²) < 4.78 is 60.1. The van der Waals surface area contributed by atoms with Crippen LogP contribution in [0, 0.1) is 12.7 Å². The van der Waals surface area contributed by atoms with Crippen molar-refractivity contribution < 1.29 is 27.1 Å². The van der Waals surface area contributed by atoms with Gasteiger partial charge in [-0.05, 0) is 44.2 Å². The van der Waals surface area contributed by atoms with E-state index >= 15 is 0 Å². The molecule has 0 atom stereocenters. The first-order valence-electron chi connectivity index (χ1n) is 10.4. The van der Waals surface area contributed by atoms with Gasteiger partial charge in [0, 0.05) is 23.6 Å². The molecule has 0 aliphatic carbocycles. The van der Waals surface area contributed by atoms with Crippen LogP contribution in [0.2, 0.25) is 0 Å². The SMILES string of the molecule is CCOC(=O)c1cnc(Nc2ccc(-n3cnc(C)c3)c(F)c2)nc1-c1ccc(C(F)(F)F)cc1. The number of aromatic nitrogens is 4. The fourth-order valence-corrected chi connectivity index (χ4v) is 3.31. The summed E-state index contributed by atoms with van der Waals surface area (Å²) in [6.45, 7) is 3.50. The van der Waals surface area contributed by atoms with Gasteiger partial charge in [-0.1, -0.05) is 12.1 Å². The fraction of sp³-hybridized carbons (Fsp3) is 0.167.